The lowest BCUT2D eigenvalue weighted by atomic mass is 10.6. The van der Waals surface area contributed by atoms with Gasteiger partial charge in [0, 0.05) is 0 Å². The Balaban J connectivity index is 3.36. The minimum absolute atomic E-state index is 0.352. The van der Waals surface area contributed by atoms with Crippen LogP contribution >= 0.6 is 0 Å². The highest BCUT2D eigenvalue weighted by atomic mass is 16.1. The van der Waals surface area contributed by atoms with Crippen LogP contribution in [-0.2, 0) is 4.79 Å². The highest BCUT2D eigenvalue weighted by molar-refractivity contribution is 5.94. The zero-order valence-corrected chi connectivity index (χ0v) is 3.77. The van der Waals surface area contributed by atoms with Crippen LogP contribution in [-0.4, -0.2) is 12.2 Å². The Kier molecular flexibility index (Phi) is 2.59. The van der Waals surface area contributed by atoms with Crippen LogP contribution in [0, 0.1) is 5.41 Å². The third-order valence-corrected chi connectivity index (χ3v) is 0.400. The quantitative estimate of drug-likeness (QED) is 0.283. The molecule has 0 aromatic heterocycles. The Morgan fingerprint density at radius 1 is 1.86 bits per heavy atom. The number of amides is 1. The molecule has 0 saturated carbocycles. The van der Waals surface area contributed by atoms with Crippen LogP contribution in [0.2, 0.25) is 0 Å². The van der Waals surface area contributed by atoms with Crippen molar-refractivity contribution in [2.45, 2.75) is 0 Å². The van der Waals surface area contributed by atoms with Gasteiger partial charge in [0.05, 0.1) is 6.34 Å². The van der Waals surface area contributed by atoms with Crippen molar-refractivity contribution in [3.63, 3.8) is 0 Å². The lowest BCUT2D eigenvalue weighted by Crippen LogP contribution is -2.17. The van der Waals surface area contributed by atoms with Gasteiger partial charge in [0.15, 0.2) is 0 Å². The number of nitrogens with one attached hydrogen (secondary N) is 2. The van der Waals surface area contributed by atoms with Crippen molar-refractivity contribution in [1.29, 1.82) is 5.41 Å². The van der Waals surface area contributed by atoms with Crippen LogP contribution in [0.3, 0.4) is 0 Å². The van der Waals surface area contributed by atoms with Crippen molar-refractivity contribution in [3.05, 3.63) is 12.7 Å². The summed E-state index contributed by atoms with van der Waals surface area (Å²) < 4.78 is 0. The van der Waals surface area contributed by atoms with Gasteiger partial charge in [-0.2, -0.15) is 0 Å². The Morgan fingerprint density at radius 3 is 2.57 bits per heavy atom. The second-order valence-corrected chi connectivity index (χ2v) is 0.857. The molecule has 7 heavy (non-hydrogen) atoms. The van der Waals surface area contributed by atoms with Gasteiger partial charge in [-0.05, 0) is 6.08 Å². The summed E-state index contributed by atoms with van der Waals surface area (Å²) in [4.78, 5) is 10.0. The third-order valence-electron chi connectivity index (χ3n) is 0.400. The van der Waals surface area contributed by atoms with Gasteiger partial charge in [0.1, 0.15) is 0 Å². The second-order valence-electron chi connectivity index (χ2n) is 0.857. The van der Waals surface area contributed by atoms with Crippen LogP contribution in [0.1, 0.15) is 0 Å². The molecule has 0 radical (unpaired) electrons. The fraction of sp³-hybridized carbons (Fsp3) is 0. The summed E-state index contributed by atoms with van der Waals surface area (Å²) in [5.41, 5.74) is 0. The van der Waals surface area contributed by atoms with Crippen molar-refractivity contribution in [2.24, 2.45) is 0 Å². The Labute approximate surface area is 41.5 Å². The summed E-state index contributed by atoms with van der Waals surface area (Å²) in [7, 11) is 0. The topological polar surface area (TPSA) is 53.0 Å². The molecule has 0 aliphatic rings. The molecular weight excluding hydrogens is 92.1 g/mol. The summed E-state index contributed by atoms with van der Waals surface area (Å²) >= 11 is 0. The van der Waals surface area contributed by atoms with E-state index in [1.54, 1.807) is 0 Å². The zero-order valence-electron chi connectivity index (χ0n) is 3.77. The fourth-order valence-electron chi connectivity index (χ4n) is 0.130. The first-order chi connectivity index (χ1) is 3.31. The summed E-state index contributed by atoms with van der Waals surface area (Å²) in [6.45, 7) is 3.16. The van der Waals surface area contributed by atoms with Crippen molar-refractivity contribution < 1.29 is 4.79 Å². The molecule has 0 unspecified atom stereocenters. The molecule has 0 aliphatic heterocycles. The normalized spacial score (nSPS) is 6.86. The summed E-state index contributed by atoms with van der Waals surface area (Å²) in [6, 6.07) is 0. The summed E-state index contributed by atoms with van der Waals surface area (Å²) in [5.74, 6) is -0.352. The Bertz CT molecular complexity index is 97.9. The number of carbonyl (C=O) groups is 1. The fourth-order valence-corrected chi connectivity index (χ4v) is 0.130. The molecule has 1 amide bonds. The first-order valence-electron chi connectivity index (χ1n) is 1.73. The number of carbonyl (C=O) groups excluding carboxylic acids is 1. The van der Waals surface area contributed by atoms with Crippen LogP contribution in [0.25, 0.3) is 0 Å². The largest absolute Gasteiger partial charge is 0.314 e. The van der Waals surface area contributed by atoms with Gasteiger partial charge in [-0.1, -0.05) is 6.58 Å². The Hall–Kier alpha value is -1.12. The van der Waals surface area contributed by atoms with Gasteiger partial charge in [-0.25, -0.2) is 0 Å². The standard InChI is InChI=1S/C4H6N2O/c1-2-4(7)6-3-5/h2-3H,1H2,(H2,5,6,7). The highest BCUT2D eigenvalue weighted by Gasteiger charge is 1.82. The van der Waals surface area contributed by atoms with Crippen LogP contribution in [0.15, 0.2) is 12.7 Å². The van der Waals surface area contributed by atoms with E-state index in [1.165, 1.54) is 0 Å². The first kappa shape index (κ1) is 5.88. The minimum Gasteiger partial charge on any atom is -0.314 e. The molecule has 0 aromatic rings. The van der Waals surface area contributed by atoms with Crippen LogP contribution < -0.4 is 5.32 Å². The zero-order chi connectivity index (χ0) is 5.70. The molecule has 3 heteroatoms. The minimum atomic E-state index is -0.352. The average molecular weight is 98.1 g/mol. The molecule has 3 nitrogen and oxygen atoms in total. The van der Waals surface area contributed by atoms with Crippen LogP contribution in [0.4, 0.5) is 0 Å². The van der Waals surface area contributed by atoms with E-state index >= 15 is 0 Å². The molecule has 0 aromatic carbocycles. The van der Waals surface area contributed by atoms with E-state index in [1.807, 2.05) is 0 Å². The van der Waals surface area contributed by atoms with E-state index in [0.29, 0.717) is 0 Å². The Morgan fingerprint density at radius 2 is 2.43 bits per heavy atom. The average Bonchev–Trinajstić information content (AvgIpc) is 1.68. The van der Waals surface area contributed by atoms with E-state index in [-0.39, 0.29) is 5.91 Å². The van der Waals surface area contributed by atoms with Crippen molar-refractivity contribution in [1.82, 2.24) is 5.32 Å². The second kappa shape index (κ2) is 3.08. The molecule has 0 spiro atoms. The van der Waals surface area contributed by atoms with E-state index in [2.05, 4.69) is 11.9 Å². The number of hydrogen-bond donors (Lipinski definition) is 2. The highest BCUT2D eigenvalue weighted by Crippen LogP contribution is 1.57. The summed E-state index contributed by atoms with van der Waals surface area (Å²) in [6.07, 6.45) is 1.91. The van der Waals surface area contributed by atoms with Crippen molar-refractivity contribution >= 4 is 12.2 Å². The van der Waals surface area contributed by atoms with E-state index in [0.717, 1.165) is 12.4 Å². The smallest absolute Gasteiger partial charge is 0.248 e. The lowest BCUT2D eigenvalue weighted by Gasteiger charge is -1.83. The van der Waals surface area contributed by atoms with Gasteiger partial charge in [0.2, 0.25) is 5.91 Å². The molecule has 0 fully saturated rings. The monoisotopic (exact) mass is 98.0 g/mol. The van der Waals surface area contributed by atoms with Crippen molar-refractivity contribution in [3.8, 4) is 0 Å². The predicted molar refractivity (Wildman–Crippen MR) is 27.1 cm³/mol. The molecule has 0 saturated heterocycles. The van der Waals surface area contributed by atoms with Crippen LogP contribution in [0.5, 0.6) is 0 Å². The molecule has 38 valence electrons. The molecule has 0 bridgehead atoms. The molecule has 0 aliphatic carbocycles. The molecule has 0 atom stereocenters. The maximum atomic E-state index is 10.0. The predicted octanol–water partition coefficient (Wildman–Crippen LogP) is -0.104. The van der Waals surface area contributed by atoms with E-state index in [4.69, 9.17) is 5.41 Å². The van der Waals surface area contributed by atoms with Gasteiger partial charge < -0.3 is 5.32 Å². The van der Waals surface area contributed by atoms with E-state index in [9.17, 15) is 4.79 Å². The molecule has 0 rings (SSSR count). The molecular formula is C4H6N2O. The molecule has 2 N–H and O–H groups in total. The number of hydrogen-bond acceptors (Lipinski definition) is 2. The van der Waals surface area contributed by atoms with Gasteiger partial charge in [0.25, 0.3) is 0 Å². The SMILES string of the molecule is C=CC(=O)NC=N. The number of rotatable bonds is 2. The van der Waals surface area contributed by atoms with Gasteiger partial charge in [-0.3, -0.25) is 10.2 Å². The summed E-state index contributed by atoms with van der Waals surface area (Å²) in [5, 5.41) is 8.41. The third kappa shape index (κ3) is 2.69. The van der Waals surface area contributed by atoms with Crippen molar-refractivity contribution in [2.75, 3.05) is 0 Å². The maximum Gasteiger partial charge on any atom is 0.248 e. The van der Waals surface area contributed by atoms with Gasteiger partial charge in [-0.15, -0.1) is 0 Å². The first-order valence-corrected chi connectivity index (χ1v) is 1.73. The van der Waals surface area contributed by atoms with Gasteiger partial charge >= 0.3 is 0 Å². The maximum absolute atomic E-state index is 10.0. The lowest BCUT2D eigenvalue weighted by molar-refractivity contribution is -0.115. The molecule has 0 heterocycles. The van der Waals surface area contributed by atoms with E-state index < -0.39 is 0 Å².